The number of likely N-dealkylation sites (tertiary alicyclic amines) is 1. The smallest absolute Gasteiger partial charge is 0.229 e. The fourth-order valence-corrected chi connectivity index (χ4v) is 5.00. The van der Waals surface area contributed by atoms with Crippen LogP contribution >= 0.6 is 0 Å². The molecule has 5 nitrogen and oxygen atoms in total. The Morgan fingerprint density at radius 3 is 2.48 bits per heavy atom. The van der Waals surface area contributed by atoms with Crippen molar-refractivity contribution in [3.05, 3.63) is 60.2 Å². The molecule has 1 saturated carbocycles. The first-order valence-corrected chi connectivity index (χ1v) is 11.8. The van der Waals surface area contributed by atoms with Gasteiger partial charge in [0, 0.05) is 12.6 Å². The average Bonchev–Trinajstić information content (AvgIpc) is 3.31. The van der Waals surface area contributed by atoms with Crippen molar-refractivity contribution in [2.45, 2.75) is 37.5 Å². The second kappa shape index (κ2) is 7.88. The van der Waals surface area contributed by atoms with Crippen molar-refractivity contribution >= 4 is 15.9 Å². The molecule has 1 saturated heterocycles. The summed E-state index contributed by atoms with van der Waals surface area (Å²) in [5.74, 6) is -0.760. The van der Waals surface area contributed by atoms with Crippen molar-refractivity contribution in [1.29, 1.82) is 0 Å². The molecule has 1 heterocycles. The zero-order valence-electron chi connectivity index (χ0n) is 16.3. The van der Waals surface area contributed by atoms with Crippen molar-refractivity contribution in [3.8, 4) is 11.1 Å². The van der Waals surface area contributed by atoms with E-state index < -0.39 is 22.1 Å². The Balaban J connectivity index is 1.59. The fraction of sp³-hybridized carbons (Fsp3) is 0.409. The van der Waals surface area contributed by atoms with Crippen molar-refractivity contribution in [2.75, 3.05) is 12.8 Å². The maximum Gasteiger partial charge on any atom is 0.229 e. The van der Waals surface area contributed by atoms with E-state index in [-0.39, 0.29) is 24.4 Å². The maximum absolute atomic E-state index is 13.5. The van der Waals surface area contributed by atoms with Gasteiger partial charge >= 0.3 is 0 Å². The zero-order chi connectivity index (χ0) is 20.6. The van der Waals surface area contributed by atoms with Crippen LogP contribution < -0.4 is 4.72 Å². The van der Waals surface area contributed by atoms with Gasteiger partial charge in [0.2, 0.25) is 15.9 Å². The number of benzene rings is 2. The van der Waals surface area contributed by atoms with Gasteiger partial charge in [-0.3, -0.25) is 4.79 Å². The minimum absolute atomic E-state index is 0.195. The summed E-state index contributed by atoms with van der Waals surface area (Å²) in [5, 5.41) is 0. The van der Waals surface area contributed by atoms with Gasteiger partial charge in [-0.05, 0) is 36.0 Å². The van der Waals surface area contributed by atoms with Gasteiger partial charge in [-0.15, -0.1) is 0 Å². The van der Waals surface area contributed by atoms with Crippen molar-refractivity contribution < 1.29 is 17.6 Å². The molecule has 0 unspecified atom stereocenters. The standard InChI is InChI=1S/C22H25FN2O3S/c1-29(27,28)24-20-10-11-25(22(26)18-14-19(18)23)21(20)13-15-6-5-9-17(12-15)16-7-3-2-4-8-16/h2-9,12,18-21,24H,10-11,13-14H2,1H3/t18-,19-,20+,21+/m1/s1. The van der Waals surface area contributed by atoms with Gasteiger partial charge in [-0.1, -0.05) is 54.6 Å². The molecule has 2 aliphatic rings. The summed E-state index contributed by atoms with van der Waals surface area (Å²) < 4.78 is 39.8. The first kappa shape index (κ1) is 20.0. The van der Waals surface area contributed by atoms with Crippen LogP contribution in [-0.2, 0) is 21.2 Å². The lowest BCUT2D eigenvalue weighted by molar-refractivity contribution is -0.133. The predicted octanol–water partition coefficient (Wildman–Crippen LogP) is 2.77. The molecule has 4 atom stereocenters. The highest BCUT2D eigenvalue weighted by Gasteiger charge is 2.49. The molecule has 1 aliphatic heterocycles. The Morgan fingerprint density at radius 1 is 1.14 bits per heavy atom. The normalized spacial score (nSPS) is 26.5. The molecular weight excluding hydrogens is 391 g/mol. The molecule has 0 radical (unpaired) electrons. The highest BCUT2D eigenvalue weighted by atomic mass is 32.2. The van der Waals surface area contributed by atoms with E-state index in [4.69, 9.17) is 0 Å². The van der Waals surface area contributed by atoms with Crippen LogP contribution in [0.3, 0.4) is 0 Å². The number of rotatable bonds is 6. The SMILES string of the molecule is CS(=O)(=O)N[C@H]1CCN(C(=O)[C@@H]2C[C@H]2F)[C@H]1Cc1cccc(-c2ccccc2)c1. The van der Waals surface area contributed by atoms with Crippen LogP contribution in [0.4, 0.5) is 4.39 Å². The lowest BCUT2D eigenvalue weighted by Crippen LogP contribution is -2.48. The van der Waals surface area contributed by atoms with Gasteiger partial charge in [0.05, 0.1) is 18.2 Å². The summed E-state index contributed by atoms with van der Waals surface area (Å²) >= 11 is 0. The Morgan fingerprint density at radius 2 is 1.83 bits per heavy atom. The topological polar surface area (TPSA) is 66.5 Å². The van der Waals surface area contributed by atoms with Crippen LogP contribution in [0.5, 0.6) is 0 Å². The Labute approximate surface area is 171 Å². The van der Waals surface area contributed by atoms with E-state index in [0.717, 1.165) is 22.9 Å². The lowest BCUT2D eigenvalue weighted by Gasteiger charge is -2.29. The monoisotopic (exact) mass is 416 g/mol. The van der Waals surface area contributed by atoms with E-state index >= 15 is 0 Å². The first-order chi connectivity index (χ1) is 13.8. The molecular formula is C22H25FN2O3S. The van der Waals surface area contributed by atoms with Crippen molar-refractivity contribution in [1.82, 2.24) is 9.62 Å². The highest BCUT2D eigenvalue weighted by Crippen LogP contribution is 2.38. The minimum atomic E-state index is -3.41. The number of amides is 1. The maximum atomic E-state index is 13.5. The van der Waals surface area contributed by atoms with Crippen LogP contribution in [0.1, 0.15) is 18.4 Å². The summed E-state index contributed by atoms with van der Waals surface area (Å²) in [6, 6.07) is 17.4. The third-order valence-corrected chi connectivity index (χ3v) is 6.43. The molecule has 7 heteroatoms. The quantitative estimate of drug-likeness (QED) is 0.788. The Kier molecular flexibility index (Phi) is 5.44. The summed E-state index contributed by atoms with van der Waals surface area (Å²) in [6.45, 7) is 0.443. The average molecular weight is 417 g/mol. The molecule has 29 heavy (non-hydrogen) atoms. The van der Waals surface area contributed by atoms with E-state index in [1.807, 2.05) is 48.5 Å². The number of nitrogens with one attached hydrogen (secondary N) is 1. The third-order valence-electron chi connectivity index (χ3n) is 5.70. The van der Waals surface area contributed by atoms with E-state index in [0.29, 0.717) is 19.4 Å². The van der Waals surface area contributed by atoms with Crippen LogP contribution in [0.25, 0.3) is 11.1 Å². The van der Waals surface area contributed by atoms with E-state index in [1.165, 1.54) is 0 Å². The number of nitrogens with zero attached hydrogens (tertiary/aromatic N) is 1. The second-order valence-corrected chi connectivity index (χ2v) is 9.79. The first-order valence-electron chi connectivity index (χ1n) is 9.88. The number of alkyl halides is 1. The number of carbonyl (C=O) groups is 1. The highest BCUT2D eigenvalue weighted by molar-refractivity contribution is 7.88. The summed E-state index contributed by atoms with van der Waals surface area (Å²) in [5.41, 5.74) is 3.18. The molecule has 0 spiro atoms. The van der Waals surface area contributed by atoms with Gasteiger partial charge in [0.15, 0.2) is 0 Å². The van der Waals surface area contributed by atoms with Crippen LogP contribution in [-0.4, -0.2) is 50.3 Å². The summed E-state index contributed by atoms with van der Waals surface area (Å²) in [4.78, 5) is 14.4. The largest absolute Gasteiger partial charge is 0.337 e. The summed E-state index contributed by atoms with van der Waals surface area (Å²) in [6.07, 6.45) is 1.39. The van der Waals surface area contributed by atoms with Gasteiger partial charge in [-0.2, -0.15) is 0 Å². The summed E-state index contributed by atoms with van der Waals surface area (Å²) in [7, 11) is -3.41. The second-order valence-electron chi connectivity index (χ2n) is 8.01. The van der Waals surface area contributed by atoms with Crippen LogP contribution in [0.15, 0.2) is 54.6 Å². The van der Waals surface area contributed by atoms with Crippen molar-refractivity contribution in [3.63, 3.8) is 0 Å². The number of halogens is 1. The minimum Gasteiger partial charge on any atom is -0.337 e. The molecule has 1 N–H and O–H groups in total. The Hall–Kier alpha value is -2.25. The molecule has 2 fully saturated rings. The lowest BCUT2D eigenvalue weighted by atomic mass is 9.97. The molecule has 0 bridgehead atoms. The molecule has 1 amide bonds. The predicted molar refractivity (Wildman–Crippen MR) is 110 cm³/mol. The Bertz CT molecular complexity index is 996. The molecule has 2 aromatic carbocycles. The van der Waals surface area contributed by atoms with Crippen molar-refractivity contribution in [2.24, 2.45) is 5.92 Å². The van der Waals surface area contributed by atoms with Gasteiger partial charge in [0.25, 0.3) is 0 Å². The molecule has 2 aromatic rings. The molecule has 154 valence electrons. The van der Waals surface area contributed by atoms with Crippen LogP contribution in [0, 0.1) is 5.92 Å². The van der Waals surface area contributed by atoms with Gasteiger partial charge < -0.3 is 4.90 Å². The van der Waals surface area contributed by atoms with Gasteiger partial charge in [-0.25, -0.2) is 17.5 Å². The fourth-order valence-electron chi connectivity index (χ4n) is 4.17. The van der Waals surface area contributed by atoms with E-state index in [9.17, 15) is 17.6 Å². The van der Waals surface area contributed by atoms with E-state index in [1.54, 1.807) is 4.90 Å². The van der Waals surface area contributed by atoms with Crippen LogP contribution in [0.2, 0.25) is 0 Å². The number of hydrogen-bond donors (Lipinski definition) is 1. The van der Waals surface area contributed by atoms with Gasteiger partial charge in [0.1, 0.15) is 6.17 Å². The molecule has 0 aromatic heterocycles. The molecule has 1 aliphatic carbocycles. The van der Waals surface area contributed by atoms with E-state index in [2.05, 4.69) is 10.8 Å². The third kappa shape index (κ3) is 4.67. The number of sulfonamides is 1. The number of hydrogen-bond acceptors (Lipinski definition) is 3. The molecule has 4 rings (SSSR count). The zero-order valence-corrected chi connectivity index (χ0v) is 17.1. The number of carbonyl (C=O) groups excluding carboxylic acids is 1.